The predicted octanol–water partition coefficient (Wildman–Crippen LogP) is 3.55. The minimum Gasteiger partial charge on any atom is -0.305 e. The molecule has 0 aliphatic rings. The smallest absolute Gasteiger partial charge is 0.0412 e. The van der Waals surface area contributed by atoms with Crippen LogP contribution >= 0.6 is 11.6 Å². The lowest BCUT2D eigenvalue weighted by Crippen LogP contribution is -2.10. The summed E-state index contributed by atoms with van der Waals surface area (Å²) in [5.74, 6) is 0. The van der Waals surface area contributed by atoms with Crippen LogP contribution in [0.2, 0.25) is 5.02 Å². The van der Waals surface area contributed by atoms with Crippen LogP contribution in [-0.4, -0.2) is 19.0 Å². The van der Waals surface area contributed by atoms with Crippen molar-refractivity contribution in [3.8, 4) is 0 Å². The van der Waals surface area contributed by atoms with Gasteiger partial charge in [0.15, 0.2) is 0 Å². The van der Waals surface area contributed by atoms with Gasteiger partial charge in [-0.25, -0.2) is 0 Å². The van der Waals surface area contributed by atoms with Crippen molar-refractivity contribution in [1.29, 1.82) is 0 Å². The molecule has 0 heterocycles. The maximum absolute atomic E-state index is 5.97. The highest BCUT2D eigenvalue weighted by Crippen LogP contribution is 2.23. The standard InChI is InChI=1S/C13H14ClN/c1-15(2)9-11-5-3-4-10-8-12(14)6-7-13(10)11/h3-8H,9H2,1-2H3. The SMILES string of the molecule is CN(C)Cc1cccc2cc(Cl)ccc12. The summed E-state index contributed by atoms with van der Waals surface area (Å²) in [7, 11) is 4.16. The normalized spacial score (nSPS) is 11.2. The van der Waals surface area contributed by atoms with E-state index in [0.29, 0.717) is 0 Å². The Hall–Kier alpha value is -1.05. The maximum Gasteiger partial charge on any atom is 0.0412 e. The van der Waals surface area contributed by atoms with Crippen molar-refractivity contribution in [2.24, 2.45) is 0 Å². The molecule has 1 nitrogen and oxygen atoms in total. The zero-order valence-electron chi connectivity index (χ0n) is 9.00. The van der Waals surface area contributed by atoms with E-state index >= 15 is 0 Å². The van der Waals surface area contributed by atoms with E-state index in [9.17, 15) is 0 Å². The topological polar surface area (TPSA) is 3.24 Å². The minimum atomic E-state index is 0.796. The average molecular weight is 220 g/mol. The van der Waals surface area contributed by atoms with Gasteiger partial charge in [0.2, 0.25) is 0 Å². The maximum atomic E-state index is 5.97. The van der Waals surface area contributed by atoms with Gasteiger partial charge in [0, 0.05) is 11.6 Å². The van der Waals surface area contributed by atoms with Gasteiger partial charge in [0.1, 0.15) is 0 Å². The summed E-state index contributed by atoms with van der Waals surface area (Å²) in [6.45, 7) is 0.957. The summed E-state index contributed by atoms with van der Waals surface area (Å²) < 4.78 is 0. The van der Waals surface area contributed by atoms with E-state index < -0.39 is 0 Å². The van der Waals surface area contributed by atoms with Gasteiger partial charge in [0.25, 0.3) is 0 Å². The molecule has 15 heavy (non-hydrogen) atoms. The molecule has 0 aliphatic carbocycles. The second-order valence-electron chi connectivity index (χ2n) is 4.02. The number of fused-ring (bicyclic) bond motifs is 1. The quantitative estimate of drug-likeness (QED) is 0.747. The number of benzene rings is 2. The van der Waals surface area contributed by atoms with Crippen LogP contribution in [-0.2, 0) is 6.54 Å². The van der Waals surface area contributed by atoms with E-state index in [4.69, 9.17) is 11.6 Å². The minimum absolute atomic E-state index is 0.796. The highest BCUT2D eigenvalue weighted by Gasteiger charge is 2.02. The van der Waals surface area contributed by atoms with Crippen LogP contribution in [0.1, 0.15) is 5.56 Å². The molecular weight excluding hydrogens is 206 g/mol. The Morgan fingerprint density at radius 3 is 2.67 bits per heavy atom. The lowest BCUT2D eigenvalue weighted by atomic mass is 10.0. The number of hydrogen-bond acceptors (Lipinski definition) is 1. The van der Waals surface area contributed by atoms with E-state index in [2.05, 4.69) is 43.3 Å². The largest absolute Gasteiger partial charge is 0.305 e. The van der Waals surface area contributed by atoms with E-state index in [0.717, 1.165) is 11.6 Å². The average Bonchev–Trinajstić information content (AvgIpc) is 2.16. The van der Waals surface area contributed by atoms with Gasteiger partial charge in [-0.3, -0.25) is 0 Å². The molecule has 0 aromatic heterocycles. The van der Waals surface area contributed by atoms with Gasteiger partial charge in [-0.05, 0) is 42.6 Å². The molecule has 0 bridgehead atoms. The first kappa shape index (κ1) is 10.5. The number of nitrogens with zero attached hydrogens (tertiary/aromatic N) is 1. The molecule has 2 aromatic rings. The van der Waals surface area contributed by atoms with Gasteiger partial charge >= 0.3 is 0 Å². The summed E-state index contributed by atoms with van der Waals surface area (Å²) in [4.78, 5) is 2.17. The van der Waals surface area contributed by atoms with Crippen LogP contribution < -0.4 is 0 Å². The molecule has 2 aromatic carbocycles. The summed E-state index contributed by atoms with van der Waals surface area (Å²) in [6.07, 6.45) is 0. The first-order valence-electron chi connectivity index (χ1n) is 4.99. The zero-order chi connectivity index (χ0) is 10.8. The number of rotatable bonds is 2. The Bertz CT molecular complexity index is 477. The van der Waals surface area contributed by atoms with Crippen LogP contribution in [0.3, 0.4) is 0 Å². The number of halogens is 1. The van der Waals surface area contributed by atoms with Crippen LogP contribution in [0.25, 0.3) is 10.8 Å². The third kappa shape index (κ3) is 2.31. The van der Waals surface area contributed by atoms with Crippen molar-refractivity contribution in [2.45, 2.75) is 6.54 Å². The van der Waals surface area contributed by atoms with Crippen LogP contribution in [0.15, 0.2) is 36.4 Å². The van der Waals surface area contributed by atoms with E-state index in [1.165, 1.54) is 16.3 Å². The van der Waals surface area contributed by atoms with Gasteiger partial charge in [-0.15, -0.1) is 0 Å². The predicted molar refractivity (Wildman–Crippen MR) is 66.3 cm³/mol. The Morgan fingerprint density at radius 2 is 1.93 bits per heavy atom. The Balaban J connectivity index is 2.56. The Kier molecular flexibility index (Phi) is 2.94. The van der Waals surface area contributed by atoms with Gasteiger partial charge in [-0.2, -0.15) is 0 Å². The van der Waals surface area contributed by atoms with E-state index in [-0.39, 0.29) is 0 Å². The third-order valence-electron chi connectivity index (χ3n) is 2.42. The summed E-state index contributed by atoms with van der Waals surface area (Å²) in [5, 5.41) is 3.29. The molecule has 0 radical (unpaired) electrons. The number of hydrogen-bond donors (Lipinski definition) is 0. The molecule has 0 amide bonds. The molecule has 0 atom stereocenters. The fourth-order valence-electron chi connectivity index (χ4n) is 1.80. The van der Waals surface area contributed by atoms with Gasteiger partial charge < -0.3 is 4.90 Å². The first-order chi connectivity index (χ1) is 7.16. The van der Waals surface area contributed by atoms with Crippen LogP contribution in [0.5, 0.6) is 0 Å². The van der Waals surface area contributed by atoms with Crippen LogP contribution in [0.4, 0.5) is 0 Å². The molecule has 0 spiro atoms. The van der Waals surface area contributed by atoms with Crippen molar-refractivity contribution in [2.75, 3.05) is 14.1 Å². The fraction of sp³-hybridized carbons (Fsp3) is 0.231. The van der Waals surface area contributed by atoms with Crippen molar-refractivity contribution < 1.29 is 0 Å². The highest BCUT2D eigenvalue weighted by atomic mass is 35.5. The van der Waals surface area contributed by atoms with Crippen molar-refractivity contribution in [3.63, 3.8) is 0 Å². The molecule has 2 rings (SSSR count). The second kappa shape index (κ2) is 4.21. The highest BCUT2D eigenvalue weighted by molar-refractivity contribution is 6.31. The summed E-state index contributed by atoms with van der Waals surface area (Å²) in [5.41, 5.74) is 1.34. The van der Waals surface area contributed by atoms with Crippen LogP contribution in [0, 0.1) is 0 Å². The Labute approximate surface area is 95.3 Å². The molecule has 0 saturated heterocycles. The fourth-order valence-corrected chi connectivity index (χ4v) is 1.98. The monoisotopic (exact) mass is 219 g/mol. The summed E-state index contributed by atoms with van der Waals surface area (Å²) >= 11 is 5.97. The molecule has 78 valence electrons. The molecule has 2 heteroatoms. The zero-order valence-corrected chi connectivity index (χ0v) is 9.75. The van der Waals surface area contributed by atoms with Crippen molar-refractivity contribution in [1.82, 2.24) is 4.90 Å². The van der Waals surface area contributed by atoms with E-state index in [1.54, 1.807) is 0 Å². The third-order valence-corrected chi connectivity index (χ3v) is 2.65. The molecule has 0 aliphatic heterocycles. The van der Waals surface area contributed by atoms with Crippen molar-refractivity contribution in [3.05, 3.63) is 47.0 Å². The van der Waals surface area contributed by atoms with Gasteiger partial charge in [-0.1, -0.05) is 35.9 Å². The van der Waals surface area contributed by atoms with Crippen molar-refractivity contribution >= 4 is 22.4 Å². The lowest BCUT2D eigenvalue weighted by Gasteiger charge is -2.12. The summed E-state index contributed by atoms with van der Waals surface area (Å²) in [6, 6.07) is 12.4. The molecule has 0 fully saturated rings. The second-order valence-corrected chi connectivity index (χ2v) is 4.46. The first-order valence-corrected chi connectivity index (χ1v) is 5.36. The Morgan fingerprint density at radius 1 is 1.13 bits per heavy atom. The molecule has 0 N–H and O–H groups in total. The molecule has 0 saturated carbocycles. The molecule has 0 unspecified atom stereocenters. The molecular formula is C13H14ClN. The van der Waals surface area contributed by atoms with Gasteiger partial charge in [0.05, 0.1) is 0 Å². The lowest BCUT2D eigenvalue weighted by molar-refractivity contribution is 0.404. The van der Waals surface area contributed by atoms with E-state index in [1.807, 2.05) is 12.1 Å².